The van der Waals surface area contributed by atoms with Crippen LogP contribution in [0.2, 0.25) is 0 Å². The van der Waals surface area contributed by atoms with Crippen molar-refractivity contribution in [3.05, 3.63) is 58.9 Å². The van der Waals surface area contributed by atoms with Crippen LogP contribution in [0.1, 0.15) is 33.6 Å². The number of amides is 1. The third-order valence-electron chi connectivity index (χ3n) is 4.68. The number of rotatable bonds is 3. The Morgan fingerprint density at radius 2 is 1.93 bits per heavy atom. The summed E-state index contributed by atoms with van der Waals surface area (Å²) >= 11 is 0. The molecule has 0 aliphatic carbocycles. The van der Waals surface area contributed by atoms with Crippen LogP contribution in [-0.4, -0.2) is 39.9 Å². The molecule has 0 fully saturated rings. The number of hydrogen-bond donors (Lipinski definition) is 0. The molecule has 1 amide bonds. The summed E-state index contributed by atoms with van der Waals surface area (Å²) in [6, 6.07) is 4.92. The number of nitrogens with zero attached hydrogens (tertiary/aromatic N) is 4. The molecule has 1 aromatic carbocycles. The fourth-order valence-electron chi connectivity index (χ4n) is 3.24. The number of carbonyl (C=O) groups is 1. The third kappa shape index (κ3) is 3.51. The molecule has 0 unspecified atom stereocenters. The lowest BCUT2D eigenvalue weighted by molar-refractivity contribution is -0.137. The zero-order valence-corrected chi connectivity index (χ0v) is 14.4. The fraction of sp³-hybridized carbons (Fsp3) is 0.316. The van der Waals surface area contributed by atoms with Gasteiger partial charge in [-0.05, 0) is 24.1 Å². The lowest BCUT2D eigenvalue weighted by Gasteiger charge is -2.26. The Labute approximate surface area is 153 Å². The zero-order valence-electron chi connectivity index (χ0n) is 14.4. The molecule has 3 heterocycles. The van der Waals surface area contributed by atoms with Gasteiger partial charge in [-0.15, -0.1) is 0 Å². The number of hydrogen-bond acceptors (Lipinski definition) is 3. The first-order chi connectivity index (χ1) is 12.9. The van der Waals surface area contributed by atoms with Crippen LogP contribution >= 0.6 is 0 Å². The van der Waals surface area contributed by atoms with Gasteiger partial charge in [0.05, 0.1) is 22.5 Å². The molecule has 0 atom stereocenters. The average Bonchev–Trinajstić information content (AvgIpc) is 3.10. The molecule has 2 aromatic rings. The van der Waals surface area contributed by atoms with Gasteiger partial charge in [0.1, 0.15) is 0 Å². The Morgan fingerprint density at radius 3 is 2.59 bits per heavy atom. The molecule has 27 heavy (non-hydrogen) atoms. The normalized spacial score (nSPS) is 17.1. The van der Waals surface area contributed by atoms with Crippen LogP contribution in [0.5, 0.6) is 0 Å². The lowest BCUT2D eigenvalue weighted by atomic mass is 10.1. The summed E-state index contributed by atoms with van der Waals surface area (Å²) in [5.74, 6) is -0.157. The van der Waals surface area contributed by atoms with Crippen molar-refractivity contribution in [2.45, 2.75) is 25.6 Å². The summed E-state index contributed by atoms with van der Waals surface area (Å²) in [7, 11) is 0. The summed E-state index contributed by atoms with van der Waals surface area (Å²) in [4.78, 5) is 18.6. The third-order valence-corrected chi connectivity index (χ3v) is 4.68. The molecular formula is C19H17F3N4O. The molecule has 0 saturated carbocycles. The van der Waals surface area contributed by atoms with Crippen LogP contribution in [0, 0.1) is 0 Å². The SMILES string of the molecule is O=C1c2cn(C3=CCCN=C3)nc2CCN1Cc1ccc(C(F)(F)F)cc1. The Balaban J connectivity index is 1.51. The largest absolute Gasteiger partial charge is 0.416 e. The number of fused-ring (bicyclic) bond motifs is 1. The van der Waals surface area contributed by atoms with Gasteiger partial charge in [0.25, 0.3) is 5.91 Å². The van der Waals surface area contributed by atoms with Gasteiger partial charge in [0, 0.05) is 38.5 Å². The van der Waals surface area contributed by atoms with Gasteiger partial charge in [0.2, 0.25) is 0 Å². The maximum Gasteiger partial charge on any atom is 0.416 e. The Bertz CT molecular complexity index is 925. The number of aromatic nitrogens is 2. The summed E-state index contributed by atoms with van der Waals surface area (Å²) < 4.78 is 39.7. The highest BCUT2D eigenvalue weighted by Crippen LogP contribution is 2.29. The van der Waals surface area contributed by atoms with Crippen LogP contribution < -0.4 is 0 Å². The second-order valence-electron chi connectivity index (χ2n) is 6.56. The van der Waals surface area contributed by atoms with Crippen LogP contribution in [0.25, 0.3) is 5.70 Å². The minimum absolute atomic E-state index is 0.157. The van der Waals surface area contributed by atoms with Crippen molar-refractivity contribution in [2.75, 3.05) is 13.1 Å². The Kier molecular flexibility index (Phi) is 4.33. The van der Waals surface area contributed by atoms with Gasteiger partial charge < -0.3 is 4.90 Å². The number of alkyl halides is 3. The van der Waals surface area contributed by atoms with Crippen molar-refractivity contribution in [3.63, 3.8) is 0 Å². The first-order valence-corrected chi connectivity index (χ1v) is 8.66. The standard InChI is InChI=1S/C19H17F3N4O/c20-19(21,22)14-5-3-13(4-6-14)11-25-9-7-17-16(18(25)27)12-26(24-17)15-2-1-8-23-10-15/h2-6,10,12H,1,7-9,11H2. The van der Waals surface area contributed by atoms with Crippen LogP contribution in [0.3, 0.4) is 0 Å². The van der Waals surface area contributed by atoms with E-state index in [0.717, 1.165) is 36.5 Å². The molecule has 5 nitrogen and oxygen atoms in total. The lowest BCUT2D eigenvalue weighted by Crippen LogP contribution is -2.36. The molecule has 8 heteroatoms. The number of allylic oxidation sites excluding steroid dienone is 1. The maximum absolute atomic E-state index is 12.8. The smallest absolute Gasteiger partial charge is 0.334 e. The van der Waals surface area contributed by atoms with E-state index in [4.69, 9.17) is 0 Å². The van der Waals surface area contributed by atoms with E-state index in [1.807, 2.05) is 6.08 Å². The van der Waals surface area contributed by atoms with Crippen molar-refractivity contribution >= 4 is 17.8 Å². The van der Waals surface area contributed by atoms with Gasteiger partial charge in [-0.25, -0.2) is 4.68 Å². The highest BCUT2D eigenvalue weighted by molar-refractivity contribution is 6.03. The molecule has 0 radical (unpaired) electrons. The van der Waals surface area contributed by atoms with E-state index in [9.17, 15) is 18.0 Å². The van der Waals surface area contributed by atoms with Gasteiger partial charge in [0.15, 0.2) is 0 Å². The highest BCUT2D eigenvalue weighted by Gasteiger charge is 2.31. The molecule has 0 saturated heterocycles. The van der Waals surface area contributed by atoms with E-state index >= 15 is 0 Å². The van der Waals surface area contributed by atoms with Crippen molar-refractivity contribution in [3.8, 4) is 0 Å². The van der Waals surface area contributed by atoms with Gasteiger partial charge in [-0.3, -0.25) is 9.79 Å². The number of aliphatic imine (C=N–C) groups is 1. The molecule has 0 N–H and O–H groups in total. The number of halogens is 3. The van der Waals surface area contributed by atoms with Crippen molar-refractivity contribution in [1.82, 2.24) is 14.7 Å². The second kappa shape index (κ2) is 6.68. The van der Waals surface area contributed by atoms with Crippen molar-refractivity contribution in [2.24, 2.45) is 4.99 Å². The van der Waals surface area contributed by atoms with E-state index in [1.165, 1.54) is 12.1 Å². The summed E-state index contributed by atoms with van der Waals surface area (Å²) in [6.07, 6.45) is 2.56. The summed E-state index contributed by atoms with van der Waals surface area (Å²) in [5, 5.41) is 4.49. The number of carbonyl (C=O) groups excluding carboxylic acids is 1. The predicted molar refractivity (Wildman–Crippen MR) is 94.4 cm³/mol. The number of dihydropyridines is 1. The quantitative estimate of drug-likeness (QED) is 0.827. The minimum Gasteiger partial charge on any atom is -0.334 e. The van der Waals surface area contributed by atoms with Crippen molar-refractivity contribution in [1.29, 1.82) is 0 Å². The molecule has 4 rings (SSSR count). The molecule has 0 bridgehead atoms. The topological polar surface area (TPSA) is 50.5 Å². The van der Waals surface area contributed by atoms with Gasteiger partial charge >= 0.3 is 6.18 Å². The van der Waals surface area contributed by atoms with Crippen LogP contribution in [0.15, 0.2) is 41.5 Å². The fourth-order valence-corrected chi connectivity index (χ4v) is 3.24. The Hall–Kier alpha value is -2.90. The maximum atomic E-state index is 12.8. The van der Waals surface area contributed by atoms with Gasteiger partial charge in [-0.1, -0.05) is 18.2 Å². The van der Waals surface area contributed by atoms with E-state index < -0.39 is 11.7 Å². The second-order valence-corrected chi connectivity index (χ2v) is 6.56. The molecular weight excluding hydrogens is 357 g/mol. The van der Waals surface area contributed by atoms with Crippen molar-refractivity contribution < 1.29 is 18.0 Å². The molecule has 140 valence electrons. The molecule has 2 aliphatic heterocycles. The summed E-state index contributed by atoms with van der Waals surface area (Å²) in [5.41, 5.74) is 2.09. The van der Waals surface area contributed by atoms with E-state index in [1.54, 1.807) is 22.0 Å². The zero-order chi connectivity index (χ0) is 19.0. The monoisotopic (exact) mass is 374 g/mol. The minimum atomic E-state index is -4.36. The first-order valence-electron chi connectivity index (χ1n) is 8.66. The average molecular weight is 374 g/mol. The van der Waals surface area contributed by atoms with Crippen LogP contribution in [-0.2, 0) is 19.1 Å². The summed E-state index contributed by atoms with van der Waals surface area (Å²) in [6.45, 7) is 1.51. The number of benzene rings is 1. The molecule has 1 aromatic heterocycles. The van der Waals surface area contributed by atoms with E-state index in [2.05, 4.69) is 10.1 Å². The first kappa shape index (κ1) is 17.5. The Morgan fingerprint density at radius 1 is 1.15 bits per heavy atom. The highest BCUT2D eigenvalue weighted by atomic mass is 19.4. The van der Waals surface area contributed by atoms with Crippen LogP contribution in [0.4, 0.5) is 13.2 Å². The predicted octanol–water partition coefficient (Wildman–Crippen LogP) is 3.42. The molecule has 2 aliphatic rings. The van der Waals surface area contributed by atoms with E-state index in [0.29, 0.717) is 24.1 Å². The van der Waals surface area contributed by atoms with Gasteiger partial charge in [-0.2, -0.15) is 18.3 Å². The van der Waals surface area contributed by atoms with E-state index in [-0.39, 0.29) is 12.5 Å². The molecule has 0 spiro atoms.